The van der Waals surface area contributed by atoms with Crippen LogP contribution in [0.15, 0.2) is 64.2 Å². The lowest BCUT2D eigenvalue weighted by Gasteiger charge is -2.18. The van der Waals surface area contributed by atoms with Crippen LogP contribution in [0.1, 0.15) is 45.2 Å². The molecule has 0 aliphatic rings. The first kappa shape index (κ1) is 22.1. The predicted octanol–water partition coefficient (Wildman–Crippen LogP) is 5.26. The molecular weight excluding hydrogens is 394 g/mol. The summed E-state index contributed by atoms with van der Waals surface area (Å²) in [6.45, 7) is 8.56. The van der Waals surface area contributed by atoms with Crippen molar-refractivity contribution < 1.29 is 9.21 Å². The van der Waals surface area contributed by atoms with E-state index in [1.807, 2.05) is 37.3 Å². The lowest BCUT2D eigenvalue weighted by molar-refractivity contribution is -0.119. The van der Waals surface area contributed by atoms with Gasteiger partial charge in [-0.1, -0.05) is 75.0 Å². The normalized spacial score (nSPS) is 12.5. The van der Waals surface area contributed by atoms with Gasteiger partial charge in [-0.2, -0.15) is 0 Å². The highest BCUT2D eigenvalue weighted by molar-refractivity contribution is 7.99. The number of rotatable bonds is 8. The van der Waals surface area contributed by atoms with Gasteiger partial charge in [0.05, 0.1) is 5.75 Å². The summed E-state index contributed by atoms with van der Waals surface area (Å²) >= 11 is 1.26. The SMILES string of the molecule is C[C@@H](CCc1ccccc1)NC(=O)CSc1nnc(-c2ccc(C(C)(C)C)cc2)o1. The number of carbonyl (C=O) groups excluding carboxylic acids is 1. The van der Waals surface area contributed by atoms with E-state index in [2.05, 4.69) is 60.6 Å². The van der Waals surface area contributed by atoms with E-state index < -0.39 is 0 Å². The lowest BCUT2D eigenvalue weighted by atomic mass is 9.87. The minimum absolute atomic E-state index is 0.0326. The van der Waals surface area contributed by atoms with Crippen LogP contribution in [0.25, 0.3) is 11.5 Å². The van der Waals surface area contributed by atoms with Crippen molar-refractivity contribution in [3.8, 4) is 11.5 Å². The Labute approximate surface area is 182 Å². The predicted molar refractivity (Wildman–Crippen MR) is 122 cm³/mol. The third kappa shape index (κ3) is 6.46. The van der Waals surface area contributed by atoms with Crippen molar-refractivity contribution in [2.24, 2.45) is 0 Å². The molecule has 0 fully saturated rings. The summed E-state index contributed by atoms with van der Waals surface area (Å²) in [4.78, 5) is 12.2. The van der Waals surface area contributed by atoms with Gasteiger partial charge in [0, 0.05) is 11.6 Å². The molecule has 0 bridgehead atoms. The first-order valence-corrected chi connectivity index (χ1v) is 11.2. The second-order valence-corrected chi connectivity index (χ2v) is 9.41. The highest BCUT2D eigenvalue weighted by Gasteiger charge is 2.16. The van der Waals surface area contributed by atoms with Gasteiger partial charge in [-0.05, 0) is 48.4 Å². The highest BCUT2D eigenvalue weighted by Crippen LogP contribution is 2.27. The average Bonchev–Trinajstić information content (AvgIpc) is 3.20. The van der Waals surface area contributed by atoms with Crippen molar-refractivity contribution in [1.29, 1.82) is 0 Å². The molecule has 1 atom stereocenters. The third-order valence-electron chi connectivity index (χ3n) is 4.85. The van der Waals surface area contributed by atoms with Gasteiger partial charge in [0.25, 0.3) is 5.22 Å². The smallest absolute Gasteiger partial charge is 0.277 e. The first-order chi connectivity index (χ1) is 14.3. The summed E-state index contributed by atoms with van der Waals surface area (Å²) in [5.74, 6) is 0.685. The molecule has 6 heteroatoms. The van der Waals surface area contributed by atoms with Crippen molar-refractivity contribution in [1.82, 2.24) is 15.5 Å². The van der Waals surface area contributed by atoms with Gasteiger partial charge in [-0.3, -0.25) is 4.79 Å². The standard InChI is InChI=1S/C24H29N3O2S/c1-17(10-11-18-8-6-5-7-9-18)25-21(28)16-30-23-27-26-22(29-23)19-12-14-20(15-13-19)24(2,3)4/h5-9,12-15,17H,10-11,16H2,1-4H3,(H,25,28)/t17-/m0/s1. The maximum atomic E-state index is 12.2. The first-order valence-electron chi connectivity index (χ1n) is 10.2. The van der Waals surface area contributed by atoms with Crippen LogP contribution in [0.2, 0.25) is 0 Å². The number of aromatic nitrogens is 2. The number of nitrogens with zero attached hydrogens (tertiary/aromatic N) is 2. The minimum Gasteiger partial charge on any atom is -0.411 e. The molecule has 3 rings (SSSR count). The lowest BCUT2D eigenvalue weighted by Crippen LogP contribution is -2.34. The molecule has 0 radical (unpaired) electrons. The van der Waals surface area contributed by atoms with E-state index in [1.54, 1.807) is 0 Å². The molecule has 0 saturated carbocycles. The van der Waals surface area contributed by atoms with Crippen LogP contribution in [0, 0.1) is 0 Å². The summed E-state index contributed by atoms with van der Waals surface area (Å²) in [7, 11) is 0. The van der Waals surface area contributed by atoms with Gasteiger partial charge in [0.1, 0.15) is 0 Å². The van der Waals surface area contributed by atoms with E-state index in [0.717, 1.165) is 18.4 Å². The fraction of sp³-hybridized carbons (Fsp3) is 0.375. The largest absolute Gasteiger partial charge is 0.411 e. The zero-order valence-corrected chi connectivity index (χ0v) is 18.8. The van der Waals surface area contributed by atoms with Gasteiger partial charge in [-0.15, -0.1) is 10.2 Å². The Balaban J connectivity index is 1.46. The van der Waals surface area contributed by atoms with Crippen LogP contribution in [-0.4, -0.2) is 27.9 Å². The highest BCUT2D eigenvalue weighted by atomic mass is 32.2. The molecule has 1 N–H and O–H groups in total. The third-order valence-corrected chi connectivity index (χ3v) is 5.67. The molecule has 0 aliphatic heterocycles. The quantitative estimate of drug-likeness (QED) is 0.500. The fourth-order valence-electron chi connectivity index (χ4n) is 3.04. The number of nitrogens with one attached hydrogen (secondary N) is 1. The Bertz CT molecular complexity index is 947. The summed E-state index contributed by atoms with van der Waals surface area (Å²) in [5, 5.41) is 11.6. The Hall–Kier alpha value is -2.60. The number of hydrogen-bond donors (Lipinski definition) is 1. The molecule has 3 aromatic rings. The van der Waals surface area contributed by atoms with E-state index in [1.165, 1.54) is 22.9 Å². The molecule has 5 nitrogen and oxygen atoms in total. The van der Waals surface area contributed by atoms with E-state index in [0.29, 0.717) is 11.1 Å². The van der Waals surface area contributed by atoms with Crippen LogP contribution in [0.4, 0.5) is 0 Å². The minimum atomic E-state index is -0.0326. The van der Waals surface area contributed by atoms with Gasteiger partial charge < -0.3 is 9.73 Å². The summed E-state index contributed by atoms with van der Waals surface area (Å²) < 4.78 is 5.72. The van der Waals surface area contributed by atoms with E-state index >= 15 is 0 Å². The molecule has 0 aliphatic carbocycles. The van der Waals surface area contributed by atoms with Gasteiger partial charge in [0.15, 0.2) is 0 Å². The monoisotopic (exact) mass is 423 g/mol. The summed E-state index contributed by atoms with van der Waals surface area (Å²) in [6, 6.07) is 18.5. The number of carbonyl (C=O) groups is 1. The van der Waals surface area contributed by atoms with E-state index in [4.69, 9.17) is 4.42 Å². The second-order valence-electron chi connectivity index (χ2n) is 8.48. The van der Waals surface area contributed by atoms with Crippen LogP contribution in [-0.2, 0) is 16.6 Å². The Morgan fingerprint density at radius 2 is 1.77 bits per heavy atom. The zero-order chi connectivity index (χ0) is 21.6. The Morgan fingerprint density at radius 1 is 1.07 bits per heavy atom. The second kappa shape index (κ2) is 9.94. The van der Waals surface area contributed by atoms with Crippen LogP contribution in [0.5, 0.6) is 0 Å². The zero-order valence-electron chi connectivity index (χ0n) is 18.0. The van der Waals surface area contributed by atoms with E-state index in [-0.39, 0.29) is 23.1 Å². The topological polar surface area (TPSA) is 68.0 Å². The Morgan fingerprint density at radius 3 is 2.43 bits per heavy atom. The van der Waals surface area contributed by atoms with Crippen molar-refractivity contribution >= 4 is 17.7 Å². The molecule has 0 saturated heterocycles. The fourth-order valence-corrected chi connectivity index (χ4v) is 3.62. The maximum Gasteiger partial charge on any atom is 0.277 e. The van der Waals surface area contributed by atoms with Crippen molar-refractivity contribution in [3.63, 3.8) is 0 Å². The summed E-state index contributed by atoms with van der Waals surface area (Å²) in [6.07, 6.45) is 1.84. The molecule has 0 unspecified atom stereocenters. The number of benzene rings is 2. The maximum absolute atomic E-state index is 12.2. The summed E-state index contributed by atoms with van der Waals surface area (Å²) in [5.41, 5.74) is 3.50. The molecular formula is C24H29N3O2S. The number of hydrogen-bond acceptors (Lipinski definition) is 5. The van der Waals surface area contributed by atoms with Crippen molar-refractivity contribution in [2.75, 3.05) is 5.75 Å². The van der Waals surface area contributed by atoms with Crippen LogP contribution < -0.4 is 5.32 Å². The van der Waals surface area contributed by atoms with Crippen molar-refractivity contribution in [2.45, 2.75) is 57.2 Å². The molecule has 1 amide bonds. The number of amides is 1. The molecule has 0 spiro atoms. The molecule has 1 aromatic heterocycles. The molecule has 2 aromatic carbocycles. The van der Waals surface area contributed by atoms with Gasteiger partial charge in [0.2, 0.25) is 11.8 Å². The van der Waals surface area contributed by atoms with Gasteiger partial charge >= 0.3 is 0 Å². The molecule has 158 valence electrons. The number of aryl methyl sites for hydroxylation is 1. The van der Waals surface area contributed by atoms with Gasteiger partial charge in [-0.25, -0.2) is 0 Å². The average molecular weight is 424 g/mol. The number of thioether (sulfide) groups is 1. The molecule has 1 heterocycles. The Kier molecular flexibility index (Phi) is 7.32. The van der Waals surface area contributed by atoms with E-state index in [9.17, 15) is 4.79 Å². The molecule has 30 heavy (non-hydrogen) atoms. The van der Waals surface area contributed by atoms with Crippen LogP contribution >= 0.6 is 11.8 Å². The van der Waals surface area contributed by atoms with Crippen molar-refractivity contribution in [3.05, 3.63) is 65.7 Å². The van der Waals surface area contributed by atoms with Crippen LogP contribution in [0.3, 0.4) is 0 Å².